The van der Waals surface area contributed by atoms with Crippen molar-refractivity contribution in [3.8, 4) is 0 Å². The summed E-state index contributed by atoms with van der Waals surface area (Å²) in [6, 6.07) is 17.0. The standard InChI is InChI=1S/C23H24N3O2.3CH3.Sn/c27-22(16-26-13-18-8-4-5-9-21(18)23(26)28)25-14-19-11-24(12-20(19)15-25)10-17-6-2-1-3-7-17;;;;/h2-9,19-20H,10-16H2;3*1H3;/t19-,20+;;;;. The van der Waals surface area contributed by atoms with E-state index >= 15 is 0 Å². The van der Waals surface area contributed by atoms with E-state index < -0.39 is 18.4 Å². The third kappa shape index (κ3) is 4.34. The number of nitrogens with zero attached hydrogens (tertiary/aromatic N) is 3. The molecule has 3 aliphatic rings. The second-order valence-corrected chi connectivity index (χ2v) is 25.3. The zero-order valence-corrected chi connectivity index (χ0v) is 22.2. The van der Waals surface area contributed by atoms with E-state index in [1.165, 1.54) is 5.56 Å². The van der Waals surface area contributed by atoms with E-state index in [0.29, 0.717) is 18.4 Å². The fraction of sp³-hybridized carbons (Fsp3) is 0.462. The van der Waals surface area contributed by atoms with Gasteiger partial charge in [0.2, 0.25) is 0 Å². The van der Waals surface area contributed by atoms with Crippen molar-refractivity contribution in [1.29, 1.82) is 0 Å². The quantitative estimate of drug-likeness (QED) is 0.551. The predicted molar refractivity (Wildman–Crippen MR) is 129 cm³/mol. The average Bonchev–Trinajstić information content (AvgIpc) is 3.40. The number of rotatable bonds is 5. The summed E-state index contributed by atoms with van der Waals surface area (Å²) in [6.07, 6.45) is 0. The molecule has 5 nitrogen and oxygen atoms in total. The topological polar surface area (TPSA) is 43.9 Å². The average molecular weight is 538 g/mol. The van der Waals surface area contributed by atoms with Crippen molar-refractivity contribution in [2.75, 3.05) is 32.7 Å². The second-order valence-electron chi connectivity index (χ2n) is 10.8. The number of benzene rings is 2. The molecule has 5 rings (SSSR count). The van der Waals surface area contributed by atoms with Crippen LogP contribution in [0.5, 0.6) is 0 Å². The van der Waals surface area contributed by atoms with Crippen LogP contribution in [0.4, 0.5) is 0 Å². The Kier molecular flexibility index (Phi) is 5.82. The summed E-state index contributed by atoms with van der Waals surface area (Å²) in [7, 11) is 0. The molecule has 2 amide bonds. The van der Waals surface area contributed by atoms with Gasteiger partial charge in [0.25, 0.3) is 5.91 Å². The Bertz CT molecular complexity index is 1020. The molecule has 0 unspecified atom stereocenters. The number of hydrogen-bond acceptors (Lipinski definition) is 3. The number of carbonyl (C=O) groups is 2. The van der Waals surface area contributed by atoms with Gasteiger partial charge in [-0.05, 0) is 11.6 Å². The molecule has 0 radical (unpaired) electrons. The maximum absolute atomic E-state index is 12.9. The molecule has 6 heteroatoms. The molecule has 2 atom stereocenters. The van der Waals surface area contributed by atoms with Crippen molar-refractivity contribution in [2.24, 2.45) is 11.8 Å². The molecule has 0 bridgehead atoms. The second kappa shape index (κ2) is 8.49. The van der Waals surface area contributed by atoms with Crippen LogP contribution in [0.1, 0.15) is 21.5 Å². The van der Waals surface area contributed by atoms with Crippen molar-refractivity contribution in [1.82, 2.24) is 14.7 Å². The molecule has 2 saturated heterocycles. The van der Waals surface area contributed by atoms with Gasteiger partial charge >= 0.3 is 138 Å². The van der Waals surface area contributed by atoms with E-state index in [-0.39, 0.29) is 18.4 Å². The Balaban J connectivity index is 1.13. The SMILES string of the molecule is [CH3][Sn]([CH3])([CH3])[c]1ccc(CN2C[C@@H]3CN(C(=O)CN4Cc5ccccc5C4=O)C[C@@H]3C2)cc1. The predicted octanol–water partition coefficient (Wildman–Crippen LogP) is 2.78. The molecular formula is C26H33N3O2Sn. The summed E-state index contributed by atoms with van der Waals surface area (Å²) in [5.41, 5.74) is 3.16. The minimum absolute atomic E-state index is 0.0129. The molecule has 3 aliphatic heterocycles. The first-order valence-corrected chi connectivity index (χ1v) is 21.7. The van der Waals surface area contributed by atoms with Crippen LogP contribution in [0, 0.1) is 11.8 Å². The third-order valence-electron chi connectivity index (χ3n) is 7.36. The van der Waals surface area contributed by atoms with Crippen molar-refractivity contribution < 1.29 is 9.59 Å². The summed E-state index contributed by atoms with van der Waals surface area (Å²) >= 11 is -1.98. The summed E-state index contributed by atoms with van der Waals surface area (Å²) in [4.78, 5) is 39.1. The van der Waals surface area contributed by atoms with E-state index in [9.17, 15) is 9.59 Å². The fourth-order valence-electron chi connectivity index (χ4n) is 5.50. The van der Waals surface area contributed by atoms with Gasteiger partial charge in [-0.15, -0.1) is 0 Å². The molecule has 0 N–H and O–H groups in total. The van der Waals surface area contributed by atoms with Crippen LogP contribution < -0.4 is 3.58 Å². The molecule has 0 aromatic heterocycles. The molecule has 32 heavy (non-hydrogen) atoms. The van der Waals surface area contributed by atoms with Crippen molar-refractivity contribution in [3.05, 3.63) is 65.2 Å². The first-order valence-electron chi connectivity index (χ1n) is 11.7. The molecular weight excluding hydrogens is 505 g/mol. The summed E-state index contributed by atoms with van der Waals surface area (Å²) in [6.45, 7) is 5.51. The Morgan fingerprint density at radius 2 is 1.59 bits per heavy atom. The molecule has 0 aliphatic carbocycles. The van der Waals surface area contributed by atoms with Gasteiger partial charge in [-0.3, -0.25) is 4.79 Å². The monoisotopic (exact) mass is 539 g/mol. The number of fused-ring (bicyclic) bond motifs is 2. The zero-order valence-electron chi connectivity index (χ0n) is 19.4. The van der Waals surface area contributed by atoms with E-state index in [1.807, 2.05) is 29.2 Å². The number of carbonyl (C=O) groups excluding carboxylic acids is 2. The minimum atomic E-state index is -1.98. The van der Waals surface area contributed by atoms with E-state index in [4.69, 9.17) is 0 Å². The Morgan fingerprint density at radius 3 is 2.22 bits per heavy atom. The Hall–Kier alpha value is -1.86. The van der Waals surface area contributed by atoms with E-state index in [2.05, 4.69) is 44.0 Å². The molecule has 0 spiro atoms. The van der Waals surface area contributed by atoms with Gasteiger partial charge in [-0.1, -0.05) is 18.2 Å². The molecule has 2 aromatic carbocycles. The zero-order chi connectivity index (χ0) is 22.5. The van der Waals surface area contributed by atoms with Gasteiger partial charge in [-0.25, -0.2) is 0 Å². The summed E-state index contributed by atoms with van der Waals surface area (Å²) < 4.78 is 1.58. The number of likely N-dealkylation sites (tertiary alicyclic amines) is 2. The van der Waals surface area contributed by atoms with Crippen LogP contribution in [0.25, 0.3) is 0 Å². The first-order chi connectivity index (χ1) is 15.3. The van der Waals surface area contributed by atoms with Crippen molar-refractivity contribution >= 4 is 33.8 Å². The van der Waals surface area contributed by atoms with Crippen LogP contribution in [-0.2, 0) is 17.9 Å². The van der Waals surface area contributed by atoms with Gasteiger partial charge in [0.05, 0.1) is 0 Å². The van der Waals surface area contributed by atoms with Crippen LogP contribution in [0.15, 0.2) is 48.5 Å². The van der Waals surface area contributed by atoms with Crippen LogP contribution >= 0.6 is 0 Å². The molecule has 2 aromatic rings. The van der Waals surface area contributed by atoms with Crippen molar-refractivity contribution in [2.45, 2.75) is 27.9 Å². The van der Waals surface area contributed by atoms with Crippen LogP contribution in [0.2, 0.25) is 14.8 Å². The van der Waals surface area contributed by atoms with E-state index in [0.717, 1.165) is 43.9 Å². The van der Waals surface area contributed by atoms with Gasteiger partial charge in [0, 0.05) is 12.1 Å². The summed E-state index contributed by atoms with van der Waals surface area (Å²) in [5, 5.41) is 0. The first kappa shape index (κ1) is 22.0. The normalized spacial score (nSPS) is 23.0. The molecule has 168 valence electrons. The maximum atomic E-state index is 12.9. The third-order valence-corrected chi connectivity index (χ3v) is 13.3. The van der Waals surface area contributed by atoms with E-state index in [1.54, 1.807) is 8.48 Å². The molecule has 2 fully saturated rings. The Morgan fingerprint density at radius 1 is 0.938 bits per heavy atom. The number of hydrogen-bond donors (Lipinski definition) is 0. The van der Waals surface area contributed by atoms with Gasteiger partial charge in [0.1, 0.15) is 0 Å². The summed E-state index contributed by atoms with van der Waals surface area (Å²) in [5.74, 6) is 1.18. The van der Waals surface area contributed by atoms with Crippen LogP contribution in [-0.4, -0.2) is 77.6 Å². The van der Waals surface area contributed by atoms with Crippen molar-refractivity contribution in [3.63, 3.8) is 0 Å². The van der Waals surface area contributed by atoms with Crippen LogP contribution in [0.3, 0.4) is 0 Å². The Labute approximate surface area is 195 Å². The number of amides is 2. The fourth-order valence-corrected chi connectivity index (χ4v) is 8.83. The van der Waals surface area contributed by atoms with Gasteiger partial charge < -0.3 is 4.90 Å². The molecule has 3 heterocycles. The van der Waals surface area contributed by atoms with Gasteiger partial charge in [0.15, 0.2) is 0 Å². The van der Waals surface area contributed by atoms with Gasteiger partial charge in [-0.2, -0.15) is 0 Å². The molecule has 0 saturated carbocycles.